The second-order valence-corrected chi connectivity index (χ2v) is 2.68. The Morgan fingerprint density at radius 3 is 2.38 bits per heavy atom. The zero-order valence-corrected chi connectivity index (χ0v) is 6.97. The van der Waals surface area contributed by atoms with Crippen LogP contribution in [0.3, 0.4) is 0 Å². The Bertz CT molecular complexity index is 294. The number of carbonyl (C=O) groups excluding carboxylic acids is 1. The summed E-state index contributed by atoms with van der Waals surface area (Å²) in [5.74, 6) is -0.498. The molecule has 1 aromatic carbocycles. The van der Waals surface area contributed by atoms with Crippen LogP contribution in [0.2, 0.25) is 0 Å². The predicted molar refractivity (Wildman–Crippen MR) is 48.3 cm³/mol. The van der Waals surface area contributed by atoms with Gasteiger partial charge >= 0.3 is 0 Å². The molecule has 1 unspecified atom stereocenters. The number of aliphatic hydroxyl groups excluding tert-OH is 2. The van der Waals surface area contributed by atoms with Gasteiger partial charge < -0.3 is 15.9 Å². The number of nitrogen functional groups attached to an aromatic ring is 1. The number of anilines is 1. The minimum Gasteiger partial charge on any atom is -0.399 e. The maximum Gasteiger partial charge on any atom is 0.193 e. The van der Waals surface area contributed by atoms with Gasteiger partial charge in [-0.1, -0.05) is 0 Å². The van der Waals surface area contributed by atoms with Gasteiger partial charge in [-0.3, -0.25) is 4.79 Å². The van der Waals surface area contributed by atoms with E-state index in [0.717, 1.165) is 0 Å². The van der Waals surface area contributed by atoms with Crippen molar-refractivity contribution in [2.45, 2.75) is 6.10 Å². The van der Waals surface area contributed by atoms with Crippen molar-refractivity contribution in [3.8, 4) is 0 Å². The molecular weight excluding hydrogens is 170 g/mol. The van der Waals surface area contributed by atoms with Crippen molar-refractivity contribution in [1.82, 2.24) is 0 Å². The zero-order chi connectivity index (χ0) is 9.84. The van der Waals surface area contributed by atoms with E-state index in [0.29, 0.717) is 11.3 Å². The van der Waals surface area contributed by atoms with Crippen LogP contribution < -0.4 is 5.73 Å². The van der Waals surface area contributed by atoms with Crippen LogP contribution in [-0.2, 0) is 0 Å². The fourth-order valence-electron chi connectivity index (χ4n) is 0.923. The van der Waals surface area contributed by atoms with Gasteiger partial charge in [-0.05, 0) is 24.3 Å². The average molecular weight is 181 g/mol. The SMILES string of the molecule is Nc1ccc(C(=O)C(O)CO)cc1. The Morgan fingerprint density at radius 1 is 1.38 bits per heavy atom. The van der Waals surface area contributed by atoms with Crippen LogP contribution in [0, 0.1) is 0 Å². The van der Waals surface area contributed by atoms with Gasteiger partial charge in [0, 0.05) is 11.3 Å². The van der Waals surface area contributed by atoms with E-state index in [1.165, 1.54) is 12.1 Å². The topological polar surface area (TPSA) is 83.6 Å². The number of rotatable bonds is 3. The lowest BCUT2D eigenvalue weighted by atomic mass is 10.1. The first-order valence-corrected chi connectivity index (χ1v) is 3.84. The van der Waals surface area contributed by atoms with E-state index in [4.69, 9.17) is 15.9 Å². The van der Waals surface area contributed by atoms with Gasteiger partial charge in [-0.15, -0.1) is 0 Å². The minimum absolute atomic E-state index is 0.343. The minimum atomic E-state index is -1.34. The van der Waals surface area contributed by atoms with E-state index < -0.39 is 18.5 Å². The number of hydrogen-bond acceptors (Lipinski definition) is 4. The third-order valence-electron chi connectivity index (χ3n) is 1.67. The molecule has 1 aromatic rings. The molecule has 1 atom stereocenters. The van der Waals surface area contributed by atoms with E-state index in [-0.39, 0.29) is 0 Å². The number of benzene rings is 1. The molecule has 0 aliphatic heterocycles. The van der Waals surface area contributed by atoms with Gasteiger partial charge in [0.25, 0.3) is 0 Å². The molecule has 0 aromatic heterocycles. The summed E-state index contributed by atoms with van der Waals surface area (Å²) < 4.78 is 0. The Hall–Kier alpha value is -1.39. The molecule has 70 valence electrons. The highest BCUT2D eigenvalue weighted by Crippen LogP contribution is 2.07. The molecule has 4 N–H and O–H groups in total. The molecule has 4 heteroatoms. The van der Waals surface area contributed by atoms with E-state index in [1.54, 1.807) is 12.1 Å². The van der Waals surface area contributed by atoms with Gasteiger partial charge in [0.1, 0.15) is 6.10 Å². The number of hydrogen-bond donors (Lipinski definition) is 3. The molecule has 0 radical (unpaired) electrons. The van der Waals surface area contributed by atoms with Crippen LogP contribution in [-0.4, -0.2) is 28.7 Å². The summed E-state index contributed by atoms with van der Waals surface area (Å²) in [5, 5.41) is 17.5. The molecule has 0 aliphatic carbocycles. The summed E-state index contributed by atoms with van der Waals surface area (Å²) in [6.07, 6.45) is -1.34. The number of carbonyl (C=O) groups is 1. The zero-order valence-electron chi connectivity index (χ0n) is 6.97. The molecule has 0 amide bonds. The fourth-order valence-corrected chi connectivity index (χ4v) is 0.923. The third-order valence-corrected chi connectivity index (χ3v) is 1.67. The quantitative estimate of drug-likeness (QED) is 0.445. The van der Waals surface area contributed by atoms with Crippen molar-refractivity contribution >= 4 is 11.5 Å². The van der Waals surface area contributed by atoms with Crippen LogP contribution in [0.4, 0.5) is 5.69 Å². The van der Waals surface area contributed by atoms with Gasteiger partial charge in [0.15, 0.2) is 5.78 Å². The molecule has 0 fully saturated rings. The van der Waals surface area contributed by atoms with E-state index in [1.807, 2.05) is 0 Å². The van der Waals surface area contributed by atoms with Crippen molar-refractivity contribution in [3.63, 3.8) is 0 Å². The molecule has 0 aliphatic rings. The Balaban J connectivity index is 2.83. The molecule has 4 nitrogen and oxygen atoms in total. The highest BCUT2D eigenvalue weighted by atomic mass is 16.3. The molecular formula is C9H11NO3. The van der Waals surface area contributed by atoms with Crippen LogP contribution in [0.1, 0.15) is 10.4 Å². The van der Waals surface area contributed by atoms with Crippen LogP contribution in [0.25, 0.3) is 0 Å². The lowest BCUT2D eigenvalue weighted by Crippen LogP contribution is -2.24. The van der Waals surface area contributed by atoms with Crippen molar-refractivity contribution in [2.75, 3.05) is 12.3 Å². The van der Waals surface area contributed by atoms with E-state index in [9.17, 15) is 4.79 Å². The molecule has 0 saturated heterocycles. The van der Waals surface area contributed by atoms with Gasteiger partial charge in [-0.2, -0.15) is 0 Å². The fraction of sp³-hybridized carbons (Fsp3) is 0.222. The summed E-state index contributed by atoms with van der Waals surface area (Å²) in [5.41, 5.74) is 6.31. The number of aliphatic hydroxyl groups is 2. The first kappa shape index (κ1) is 9.70. The second kappa shape index (κ2) is 4.02. The molecule has 0 saturated carbocycles. The Kier molecular flexibility index (Phi) is 3.00. The van der Waals surface area contributed by atoms with Gasteiger partial charge in [0.2, 0.25) is 0 Å². The first-order valence-electron chi connectivity index (χ1n) is 3.84. The normalized spacial score (nSPS) is 12.5. The van der Waals surface area contributed by atoms with Crippen molar-refractivity contribution in [2.24, 2.45) is 0 Å². The molecule has 1 rings (SSSR count). The summed E-state index contributed by atoms with van der Waals surface area (Å²) in [7, 11) is 0. The summed E-state index contributed by atoms with van der Waals surface area (Å²) in [4.78, 5) is 11.2. The number of nitrogens with two attached hydrogens (primary N) is 1. The standard InChI is InChI=1S/C9H11NO3/c10-7-3-1-6(2-4-7)9(13)8(12)5-11/h1-4,8,11-12H,5,10H2. The third kappa shape index (κ3) is 2.27. The summed E-state index contributed by atoms with van der Waals surface area (Å²) in [6.45, 7) is -0.566. The van der Waals surface area contributed by atoms with E-state index in [2.05, 4.69) is 0 Å². The predicted octanol–water partition coefficient (Wildman–Crippen LogP) is -0.195. The highest BCUT2D eigenvalue weighted by Gasteiger charge is 2.15. The van der Waals surface area contributed by atoms with Gasteiger partial charge in [0.05, 0.1) is 6.61 Å². The Morgan fingerprint density at radius 2 is 1.92 bits per heavy atom. The smallest absolute Gasteiger partial charge is 0.193 e. The Labute approximate surface area is 75.6 Å². The maximum absolute atomic E-state index is 11.2. The lowest BCUT2D eigenvalue weighted by Gasteiger charge is -2.05. The largest absolute Gasteiger partial charge is 0.399 e. The molecule has 0 bridgehead atoms. The summed E-state index contributed by atoms with van der Waals surface area (Å²) in [6, 6.07) is 6.15. The number of ketones is 1. The van der Waals surface area contributed by atoms with Crippen LogP contribution >= 0.6 is 0 Å². The molecule has 13 heavy (non-hydrogen) atoms. The van der Waals surface area contributed by atoms with Crippen molar-refractivity contribution in [1.29, 1.82) is 0 Å². The van der Waals surface area contributed by atoms with Gasteiger partial charge in [-0.25, -0.2) is 0 Å². The van der Waals surface area contributed by atoms with Crippen molar-refractivity contribution < 1.29 is 15.0 Å². The monoisotopic (exact) mass is 181 g/mol. The van der Waals surface area contributed by atoms with E-state index >= 15 is 0 Å². The second-order valence-electron chi connectivity index (χ2n) is 2.68. The highest BCUT2D eigenvalue weighted by molar-refractivity contribution is 5.99. The first-order chi connectivity index (χ1) is 6.15. The molecule has 0 heterocycles. The van der Waals surface area contributed by atoms with Crippen molar-refractivity contribution in [3.05, 3.63) is 29.8 Å². The molecule has 0 spiro atoms. The van der Waals surface area contributed by atoms with Crippen LogP contribution in [0.15, 0.2) is 24.3 Å². The average Bonchev–Trinajstić information content (AvgIpc) is 2.17. The lowest BCUT2D eigenvalue weighted by molar-refractivity contribution is 0.0587. The maximum atomic E-state index is 11.2. The van der Waals surface area contributed by atoms with Crippen LogP contribution in [0.5, 0.6) is 0 Å². The summed E-state index contributed by atoms with van der Waals surface area (Å²) >= 11 is 0. The number of Topliss-reactive ketones (excluding diaryl/α,β-unsaturated/α-hetero) is 1.